The molecule has 9 heteroatoms. The number of hydrogen-bond acceptors (Lipinski definition) is 3. The van der Waals surface area contributed by atoms with Crippen molar-refractivity contribution in [1.29, 1.82) is 0 Å². The predicted molar refractivity (Wildman–Crippen MR) is 128 cm³/mol. The first kappa shape index (κ1) is 25.5. The van der Waals surface area contributed by atoms with Gasteiger partial charge in [-0.3, -0.25) is 9.59 Å². The van der Waals surface area contributed by atoms with E-state index in [1.807, 2.05) is 33.8 Å². The molecule has 2 amide bonds. The van der Waals surface area contributed by atoms with Crippen LogP contribution < -0.4 is 5.32 Å². The highest BCUT2D eigenvalue weighted by Gasteiger charge is 2.23. The van der Waals surface area contributed by atoms with Gasteiger partial charge >= 0.3 is 0 Å². The monoisotopic (exact) mass is 486 g/mol. The van der Waals surface area contributed by atoms with Crippen LogP contribution in [0.2, 0.25) is 10.0 Å². The molecule has 0 saturated heterocycles. The highest BCUT2D eigenvalue weighted by Crippen LogP contribution is 2.29. The third-order valence-corrected chi connectivity index (χ3v) is 5.60. The summed E-state index contributed by atoms with van der Waals surface area (Å²) in [5.74, 6) is 0.281. The molecule has 0 saturated carbocycles. The van der Waals surface area contributed by atoms with Crippen molar-refractivity contribution in [3.05, 3.63) is 40.0 Å². The Bertz CT molecular complexity index is 922. The van der Waals surface area contributed by atoms with Gasteiger partial charge in [-0.15, -0.1) is 11.6 Å². The van der Waals surface area contributed by atoms with Crippen LogP contribution in [0.25, 0.3) is 5.69 Å². The van der Waals surface area contributed by atoms with E-state index in [0.29, 0.717) is 28.1 Å². The Balaban J connectivity index is 2.31. The summed E-state index contributed by atoms with van der Waals surface area (Å²) in [6.07, 6.45) is 1.94. The Morgan fingerprint density at radius 1 is 1.16 bits per heavy atom. The number of carbonyl (C=O) groups is 2. The smallest absolute Gasteiger partial charge is 0.245 e. The molecule has 1 aromatic heterocycles. The second-order valence-electron chi connectivity index (χ2n) is 8.33. The van der Waals surface area contributed by atoms with Crippen molar-refractivity contribution < 1.29 is 9.59 Å². The summed E-state index contributed by atoms with van der Waals surface area (Å²) in [6, 6.07) is 6.98. The molecular formula is C22H29Cl3N4O2. The van der Waals surface area contributed by atoms with Crippen LogP contribution in [-0.2, 0) is 15.0 Å². The Morgan fingerprint density at radius 3 is 2.45 bits per heavy atom. The number of benzene rings is 1. The zero-order valence-corrected chi connectivity index (χ0v) is 20.6. The molecular weight excluding hydrogens is 459 g/mol. The lowest BCUT2D eigenvalue weighted by molar-refractivity contribution is -0.134. The lowest BCUT2D eigenvalue weighted by Gasteiger charge is -2.22. The van der Waals surface area contributed by atoms with Gasteiger partial charge in [-0.05, 0) is 24.6 Å². The predicted octanol–water partition coefficient (Wildman–Crippen LogP) is 5.67. The van der Waals surface area contributed by atoms with E-state index in [2.05, 4.69) is 10.4 Å². The Kier molecular flexibility index (Phi) is 9.22. The summed E-state index contributed by atoms with van der Waals surface area (Å²) in [4.78, 5) is 26.7. The second kappa shape index (κ2) is 11.2. The molecule has 1 aromatic carbocycles. The molecule has 1 N–H and O–H groups in total. The van der Waals surface area contributed by atoms with Crippen molar-refractivity contribution in [3.8, 4) is 5.69 Å². The van der Waals surface area contributed by atoms with Crippen LogP contribution >= 0.6 is 34.8 Å². The number of alkyl halides is 1. The first-order valence-corrected chi connectivity index (χ1v) is 11.6. The van der Waals surface area contributed by atoms with Gasteiger partial charge in [-0.2, -0.15) is 5.10 Å². The number of rotatable bonds is 9. The number of halogens is 3. The number of hydrogen-bond donors (Lipinski definition) is 1. The maximum absolute atomic E-state index is 12.8. The number of unbranched alkanes of at least 4 members (excludes halogenated alkanes) is 1. The third kappa shape index (κ3) is 7.13. The fourth-order valence-electron chi connectivity index (χ4n) is 2.89. The van der Waals surface area contributed by atoms with Gasteiger partial charge in [0.1, 0.15) is 5.82 Å². The topological polar surface area (TPSA) is 67.2 Å². The van der Waals surface area contributed by atoms with E-state index in [0.717, 1.165) is 18.5 Å². The summed E-state index contributed by atoms with van der Waals surface area (Å²) in [7, 11) is 0. The van der Waals surface area contributed by atoms with Crippen LogP contribution in [0.3, 0.4) is 0 Å². The van der Waals surface area contributed by atoms with Crippen molar-refractivity contribution in [1.82, 2.24) is 14.7 Å². The van der Waals surface area contributed by atoms with Crippen LogP contribution in [0, 0.1) is 0 Å². The fourth-order valence-corrected chi connectivity index (χ4v) is 3.34. The van der Waals surface area contributed by atoms with Crippen molar-refractivity contribution in [2.75, 3.05) is 24.3 Å². The molecule has 0 aliphatic heterocycles. The zero-order valence-electron chi connectivity index (χ0n) is 18.3. The summed E-state index contributed by atoms with van der Waals surface area (Å²) >= 11 is 18.0. The van der Waals surface area contributed by atoms with Crippen molar-refractivity contribution in [3.63, 3.8) is 0 Å². The molecule has 0 unspecified atom stereocenters. The molecule has 2 aromatic rings. The molecule has 170 valence electrons. The molecule has 1 heterocycles. The van der Waals surface area contributed by atoms with Gasteiger partial charge in [0.05, 0.1) is 28.0 Å². The molecule has 0 aliphatic carbocycles. The van der Waals surface area contributed by atoms with Crippen LogP contribution in [0.1, 0.15) is 52.7 Å². The third-order valence-electron chi connectivity index (χ3n) is 4.67. The molecule has 0 bridgehead atoms. The van der Waals surface area contributed by atoms with Gasteiger partial charge in [0.15, 0.2) is 0 Å². The largest absolute Gasteiger partial charge is 0.333 e. The second-order valence-corrected chi connectivity index (χ2v) is 9.52. The van der Waals surface area contributed by atoms with E-state index >= 15 is 0 Å². The number of carbonyl (C=O) groups excluding carboxylic acids is 2. The van der Waals surface area contributed by atoms with Gasteiger partial charge in [-0.1, -0.05) is 57.3 Å². The van der Waals surface area contributed by atoms with E-state index < -0.39 is 0 Å². The number of nitrogens with zero attached hydrogens (tertiary/aromatic N) is 3. The lowest BCUT2D eigenvalue weighted by atomic mass is 9.92. The van der Waals surface area contributed by atoms with Crippen molar-refractivity contribution in [2.24, 2.45) is 0 Å². The van der Waals surface area contributed by atoms with Crippen molar-refractivity contribution >= 4 is 52.4 Å². The standard InChI is InChI=1S/C22H29Cl3N4O2/c1-5-6-11-28(21(31)9-10-23)14-20(30)26-19-13-18(22(2,3)4)27-29(19)15-7-8-16(24)17(25)12-15/h7-8,12-13H,5-6,9-11,14H2,1-4H3,(H,26,30). The molecule has 0 aliphatic rings. The Hall–Kier alpha value is -1.76. The van der Waals surface area contributed by atoms with Gasteiger partial charge in [0.25, 0.3) is 0 Å². The Labute approximate surface area is 198 Å². The summed E-state index contributed by atoms with van der Waals surface area (Å²) < 4.78 is 1.62. The average Bonchev–Trinajstić information content (AvgIpc) is 3.11. The first-order valence-electron chi connectivity index (χ1n) is 10.3. The number of amides is 2. The van der Waals surface area contributed by atoms with Crippen LogP contribution in [0.4, 0.5) is 5.82 Å². The van der Waals surface area contributed by atoms with E-state index in [1.165, 1.54) is 0 Å². The molecule has 0 fully saturated rings. The maximum atomic E-state index is 12.8. The van der Waals surface area contributed by atoms with Crippen LogP contribution in [0.5, 0.6) is 0 Å². The van der Waals surface area contributed by atoms with Crippen molar-refractivity contribution in [2.45, 2.75) is 52.4 Å². The van der Waals surface area contributed by atoms with E-state index in [9.17, 15) is 9.59 Å². The quantitative estimate of drug-likeness (QED) is 0.463. The molecule has 0 atom stereocenters. The summed E-state index contributed by atoms with van der Waals surface area (Å²) in [6.45, 7) is 8.62. The van der Waals surface area contributed by atoms with E-state index in [4.69, 9.17) is 34.8 Å². The molecule has 6 nitrogen and oxygen atoms in total. The average molecular weight is 488 g/mol. The minimum Gasteiger partial charge on any atom is -0.333 e. The molecule has 31 heavy (non-hydrogen) atoms. The first-order chi connectivity index (χ1) is 14.6. The zero-order chi connectivity index (χ0) is 23.2. The minimum atomic E-state index is -0.305. The number of anilines is 1. The Morgan fingerprint density at radius 2 is 1.87 bits per heavy atom. The lowest BCUT2D eigenvalue weighted by Crippen LogP contribution is -2.39. The highest BCUT2D eigenvalue weighted by atomic mass is 35.5. The minimum absolute atomic E-state index is 0.0485. The summed E-state index contributed by atoms with van der Waals surface area (Å²) in [5, 5.41) is 8.39. The number of aromatic nitrogens is 2. The van der Waals surface area contributed by atoms with Crippen LogP contribution in [0.15, 0.2) is 24.3 Å². The van der Waals surface area contributed by atoms with Gasteiger partial charge in [0.2, 0.25) is 11.8 Å². The SMILES string of the molecule is CCCCN(CC(=O)Nc1cc(C(C)(C)C)nn1-c1ccc(Cl)c(Cl)c1)C(=O)CCCl. The normalized spacial score (nSPS) is 11.5. The molecule has 0 spiro atoms. The van der Waals surface area contributed by atoms with Gasteiger partial charge in [-0.25, -0.2) is 4.68 Å². The molecule has 2 rings (SSSR count). The highest BCUT2D eigenvalue weighted by molar-refractivity contribution is 6.42. The van der Waals surface area contributed by atoms with E-state index in [1.54, 1.807) is 27.8 Å². The summed E-state index contributed by atoms with van der Waals surface area (Å²) in [5.41, 5.74) is 1.24. The fraction of sp³-hybridized carbons (Fsp3) is 0.500. The van der Waals surface area contributed by atoms with Crippen LogP contribution in [-0.4, -0.2) is 45.5 Å². The molecule has 0 radical (unpaired) electrons. The maximum Gasteiger partial charge on any atom is 0.245 e. The van der Waals surface area contributed by atoms with Gasteiger partial charge in [0, 0.05) is 30.3 Å². The van der Waals surface area contributed by atoms with E-state index in [-0.39, 0.29) is 36.1 Å². The number of nitrogens with one attached hydrogen (secondary N) is 1. The van der Waals surface area contributed by atoms with Gasteiger partial charge < -0.3 is 10.2 Å².